The van der Waals surface area contributed by atoms with Crippen molar-refractivity contribution in [3.63, 3.8) is 0 Å². The van der Waals surface area contributed by atoms with Gasteiger partial charge in [-0.25, -0.2) is 4.39 Å². The van der Waals surface area contributed by atoms with Crippen molar-refractivity contribution in [2.45, 2.75) is 38.3 Å². The SMILES string of the molecule is CC1(O)CCCN(Cc2c(N)cccc2F)CC1. The highest BCUT2D eigenvalue weighted by atomic mass is 19.1. The monoisotopic (exact) mass is 252 g/mol. The molecule has 1 saturated heterocycles. The fourth-order valence-electron chi connectivity index (χ4n) is 2.44. The Balaban J connectivity index is 2.05. The van der Waals surface area contributed by atoms with Gasteiger partial charge in [-0.2, -0.15) is 0 Å². The number of likely N-dealkylation sites (tertiary alicyclic amines) is 1. The van der Waals surface area contributed by atoms with Crippen molar-refractivity contribution < 1.29 is 9.50 Å². The highest BCUT2D eigenvalue weighted by molar-refractivity contribution is 5.47. The molecule has 0 spiro atoms. The number of benzene rings is 1. The standard InChI is InChI=1S/C14H21FN2O/c1-14(18)6-3-8-17(9-7-14)10-11-12(15)4-2-5-13(11)16/h2,4-5,18H,3,6-10,16H2,1H3. The molecule has 1 aliphatic heterocycles. The molecule has 18 heavy (non-hydrogen) atoms. The fraction of sp³-hybridized carbons (Fsp3) is 0.571. The molecule has 0 aliphatic carbocycles. The van der Waals surface area contributed by atoms with Crippen LogP contribution in [0.1, 0.15) is 31.7 Å². The summed E-state index contributed by atoms with van der Waals surface area (Å²) < 4.78 is 13.7. The van der Waals surface area contributed by atoms with Gasteiger partial charge in [0, 0.05) is 24.3 Å². The summed E-state index contributed by atoms with van der Waals surface area (Å²) in [6, 6.07) is 4.80. The second kappa shape index (κ2) is 5.24. The Morgan fingerprint density at radius 1 is 1.39 bits per heavy atom. The summed E-state index contributed by atoms with van der Waals surface area (Å²) in [5.74, 6) is -0.244. The van der Waals surface area contributed by atoms with Crippen molar-refractivity contribution in [1.82, 2.24) is 4.90 Å². The molecule has 3 nitrogen and oxygen atoms in total. The minimum atomic E-state index is -0.588. The van der Waals surface area contributed by atoms with E-state index in [1.54, 1.807) is 12.1 Å². The van der Waals surface area contributed by atoms with Crippen LogP contribution < -0.4 is 5.73 Å². The molecule has 1 aromatic carbocycles. The van der Waals surface area contributed by atoms with Crippen LogP contribution in [0.25, 0.3) is 0 Å². The van der Waals surface area contributed by atoms with E-state index in [4.69, 9.17) is 5.73 Å². The molecule has 1 fully saturated rings. The summed E-state index contributed by atoms with van der Waals surface area (Å²) in [4.78, 5) is 2.16. The fourth-order valence-corrected chi connectivity index (χ4v) is 2.44. The van der Waals surface area contributed by atoms with Gasteiger partial charge in [-0.3, -0.25) is 4.90 Å². The van der Waals surface area contributed by atoms with Crippen LogP contribution in [0.15, 0.2) is 18.2 Å². The van der Waals surface area contributed by atoms with Crippen molar-refractivity contribution in [1.29, 1.82) is 0 Å². The van der Waals surface area contributed by atoms with Crippen LogP contribution in [0.3, 0.4) is 0 Å². The van der Waals surface area contributed by atoms with E-state index in [2.05, 4.69) is 4.90 Å². The molecule has 2 rings (SSSR count). The number of hydrogen-bond donors (Lipinski definition) is 2. The average Bonchev–Trinajstić information content (AvgIpc) is 2.46. The van der Waals surface area contributed by atoms with E-state index in [-0.39, 0.29) is 5.82 Å². The number of aliphatic hydroxyl groups is 1. The Morgan fingerprint density at radius 2 is 2.17 bits per heavy atom. The highest BCUT2D eigenvalue weighted by Crippen LogP contribution is 2.24. The predicted molar refractivity (Wildman–Crippen MR) is 70.6 cm³/mol. The molecule has 0 aromatic heterocycles. The van der Waals surface area contributed by atoms with Gasteiger partial charge in [-0.15, -0.1) is 0 Å². The van der Waals surface area contributed by atoms with Gasteiger partial charge >= 0.3 is 0 Å². The minimum absolute atomic E-state index is 0.244. The average molecular weight is 252 g/mol. The summed E-state index contributed by atoms with van der Waals surface area (Å²) in [6.07, 6.45) is 2.46. The third-order valence-electron chi connectivity index (χ3n) is 3.69. The lowest BCUT2D eigenvalue weighted by Crippen LogP contribution is -2.28. The molecule has 4 heteroatoms. The first-order valence-corrected chi connectivity index (χ1v) is 6.45. The lowest BCUT2D eigenvalue weighted by atomic mass is 9.98. The van der Waals surface area contributed by atoms with Crippen molar-refractivity contribution in [2.24, 2.45) is 0 Å². The molecule has 0 amide bonds. The first-order valence-electron chi connectivity index (χ1n) is 6.45. The van der Waals surface area contributed by atoms with Crippen LogP contribution in [-0.2, 0) is 6.54 Å². The van der Waals surface area contributed by atoms with E-state index in [1.807, 2.05) is 6.92 Å². The minimum Gasteiger partial charge on any atom is -0.398 e. The summed E-state index contributed by atoms with van der Waals surface area (Å²) in [6.45, 7) is 4.05. The second-order valence-corrected chi connectivity index (χ2v) is 5.43. The first kappa shape index (κ1) is 13.3. The van der Waals surface area contributed by atoms with Gasteiger partial charge in [0.1, 0.15) is 5.82 Å². The van der Waals surface area contributed by atoms with Crippen molar-refractivity contribution in [3.8, 4) is 0 Å². The molecule has 0 radical (unpaired) electrons. The maximum Gasteiger partial charge on any atom is 0.129 e. The lowest BCUT2D eigenvalue weighted by Gasteiger charge is -2.23. The quantitative estimate of drug-likeness (QED) is 0.793. The van der Waals surface area contributed by atoms with E-state index in [1.165, 1.54) is 6.07 Å². The largest absolute Gasteiger partial charge is 0.398 e. The number of halogens is 1. The number of nitrogen functional groups attached to an aromatic ring is 1. The number of anilines is 1. The van der Waals surface area contributed by atoms with Crippen LogP contribution in [-0.4, -0.2) is 28.7 Å². The molecule has 0 bridgehead atoms. The molecular formula is C14H21FN2O. The van der Waals surface area contributed by atoms with Crippen molar-refractivity contribution in [3.05, 3.63) is 29.6 Å². The molecule has 1 heterocycles. The zero-order valence-electron chi connectivity index (χ0n) is 10.8. The second-order valence-electron chi connectivity index (χ2n) is 5.43. The topological polar surface area (TPSA) is 49.5 Å². The van der Waals surface area contributed by atoms with Crippen LogP contribution in [0.5, 0.6) is 0 Å². The Morgan fingerprint density at radius 3 is 2.89 bits per heavy atom. The number of rotatable bonds is 2. The van der Waals surface area contributed by atoms with Crippen LogP contribution >= 0.6 is 0 Å². The lowest BCUT2D eigenvalue weighted by molar-refractivity contribution is 0.0444. The normalized spacial score (nSPS) is 25.9. The van der Waals surface area contributed by atoms with Crippen molar-refractivity contribution >= 4 is 5.69 Å². The number of nitrogens with two attached hydrogens (primary N) is 1. The maximum atomic E-state index is 13.7. The van der Waals surface area contributed by atoms with Gasteiger partial charge < -0.3 is 10.8 Å². The molecule has 3 N–H and O–H groups in total. The first-order chi connectivity index (χ1) is 8.48. The van der Waals surface area contributed by atoms with Gasteiger partial charge in [0.25, 0.3) is 0 Å². The van der Waals surface area contributed by atoms with Crippen LogP contribution in [0.4, 0.5) is 10.1 Å². The van der Waals surface area contributed by atoms with Gasteiger partial charge in [0.15, 0.2) is 0 Å². The van der Waals surface area contributed by atoms with E-state index < -0.39 is 5.60 Å². The van der Waals surface area contributed by atoms with E-state index in [9.17, 15) is 9.50 Å². The third-order valence-corrected chi connectivity index (χ3v) is 3.69. The van der Waals surface area contributed by atoms with Gasteiger partial charge in [0.2, 0.25) is 0 Å². The Bertz CT molecular complexity index is 400. The summed E-state index contributed by atoms with van der Waals surface area (Å²) in [5.41, 5.74) is 6.30. The van der Waals surface area contributed by atoms with E-state index in [0.29, 0.717) is 17.8 Å². The smallest absolute Gasteiger partial charge is 0.129 e. The molecule has 1 unspecified atom stereocenters. The highest BCUT2D eigenvalue weighted by Gasteiger charge is 2.25. The number of nitrogens with zero attached hydrogens (tertiary/aromatic N) is 1. The van der Waals surface area contributed by atoms with Gasteiger partial charge in [-0.05, 0) is 44.9 Å². The Hall–Kier alpha value is -1.13. The zero-order chi connectivity index (χ0) is 13.2. The van der Waals surface area contributed by atoms with E-state index in [0.717, 1.165) is 32.4 Å². The predicted octanol–water partition coefficient (Wildman–Crippen LogP) is 2.14. The summed E-state index contributed by atoms with van der Waals surface area (Å²) in [5, 5.41) is 10.0. The maximum absolute atomic E-state index is 13.7. The summed E-state index contributed by atoms with van der Waals surface area (Å²) in [7, 11) is 0. The molecule has 1 aromatic rings. The van der Waals surface area contributed by atoms with E-state index >= 15 is 0 Å². The van der Waals surface area contributed by atoms with Crippen molar-refractivity contribution in [2.75, 3.05) is 18.8 Å². The Kier molecular flexibility index (Phi) is 3.88. The zero-order valence-corrected chi connectivity index (χ0v) is 10.8. The van der Waals surface area contributed by atoms with Crippen LogP contribution in [0.2, 0.25) is 0 Å². The molecule has 0 saturated carbocycles. The number of hydrogen-bond acceptors (Lipinski definition) is 3. The molecule has 100 valence electrons. The van der Waals surface area contributed by atoms with Gasteiger partial charge in [-0.1, -0.05) is 6.07 Å². The third kappa shape index (κ3) is 3.21. The summed E-state index contributed by atoms with van der Waals surface area (Å²) >= 11 is 0. The molecular weight excluding hydrogens is 231 g/mol. The Labute approximate surface area is 107 Å². The van der Waals surface area contributed by atoms with Gasteiger partial charge in [0.05, 0.1) is 5.60 Å². The molecule has 1 atom stereocenters. The van der Waals surface area contributed by atoms with Crippen LogP contribution in [0, 0.1) is 5.82 Å². The molecule has 1 aliphatic rings.